The number of nitrogens with zero attached hydrogens (tertiary/aromatic N) is 1. The van der Waals surface area contributed by atoms with Gasteiger partial charge in [0, 0.05) is 16.6 Å². The second-order valence-electron chi connectivity index (χ2n) is 4.83. The summed E-state index contributed by atoms with van der Waals surface area (Å²) in [6, 6.07) is 1.93. The van der Waals surface area contributed by atoms with Crippen LogP contribution in [0.15, 0.2) is 40.2 Å². The van der Waals surface area contributed by atoms with Crippen molar-refractivity contribution < 1.29 is 4.79 Å². The maximum absolute atomic E-state index is 12.2. The summed E-state index contributed by atoms with van der Waals surface area (Å²) in [5.74, 6) is 0.255. The Morgan fingerprint density at radius 1 is 1.43 bits per heavy atom. The third kappa shape index (κ3) is 3.26. The van der Waals surface area contributed by atoms with Gasteiger partial charge in [0.2, 0.25) is 0 Å². The summed E-state index contributed by atoms with van der Waals surface area (Å²) in [5, 5.41) is 8.15. The molecule has 0 bridgehead atoms. The van der Waals surface area contributed by atoms with Gasteiger partial charge in [-0.3, -0.25) is 10.1 Å². The predicted molar refractivity (Wildman–Crippen MR) is 90.1 cm³/mol. The SMILES string of the molecule is CC1CC(Cl)=CC=C1c1csc(C(=O)Nc2nccs2)c1. The number of amides is 1. The molecule has 2 aromatic rings. The molecule has 3 rings (SSSR count). The first-order valence-corrected chi connectivity index (χ1v) is 8.63. The number of carbonyl (C=O) groups excluding carboxylic acids is 1. The quantitative estimate of drug-likeness (QED) is 0.856. The lowest BCUT2D eigenvalue weighted by Gasteiger charge is -2.18. The van der Waals surface area contributed by atoms with E-state index in [1.807, 2.05) is 29.0 Å². The average molecular weight is 337 g/mol. The van der Waals surface area contributed by atoms with Gasteiger partial charge in [0.1, 0.15) is 0 Å². The minimum atomic E-state index is -0.112. The standard InChI is InChI=1S/C15H13ClN2OS2/c1-9-6-11(16)2-3-12(9)10-7-13(21-8-10)14(19)18-15-17-4-5-20-15/h2-5,7-9H,6H2,1H3,(H,17,18,19). The van der Waals surface area contributed by atoms with Crippen molar-refractivity contribution in [2.24, 2.45) is 5.92 Å². The number of thiazole rings is 1. The molecule has 0 spiro atoms. The lowest BCUT2D eigenvalue weighted by atomic mass is 9.89. The first kappa shape index (κ1) is 14.5. The average Bonchev–Trinajstić information content (AvgIpc) is 3.09. The van der Waals surface area contributed by atoms with Crippen LogP contribution in [0, 0.1) is 5.92 Å². The third-order valence-corrected chi connectivity index (χ3v) is 5.18. The van der Waals surface area contributed by atoms with Gasteiger partial charge in [0.05, 0.1) is 4.88 Å². The Hall–Kier alpha value is -1.43. The van der Waals surface area contributed by atoms with Crippen LogP contribution in [0.2, 0.25) is 0 Å². The van der Waals surface area contributed by atoms with Gasteiger partial charge in [0.25, 0.3) is 5.91 Å². The Morgan fingerprint density at radius 2 is 2.29 bits per heavy atom. The van der Waals surface area contributed by atoms with Crippen LogP contribution in [-0.4, -0.2) is 10.9 Å². The van der Waals surface area contributed by atoms with Crippen molar-refractivity contribution in [1.29, 1.82) is 0 Å². The molecule has 0 radical (unpaired) electrons. The summed E-state index contributed by atoms with van der Waals surface area (Å²) in [5.41, 5.74) is 2.32. The highest BCUT2D eigenvalue weighted by atomic mass is 35.5. The summed E-state index contributed by atoms with van der Waals surface area (Å²) >= 11 is 8.90. The highest BCUT2D eigenvalue weighted by Crippen LogP contribution is 2.35. The number of allylic oxidation sites excluding steroid dienone is 4. The molecule has 1 N–H and O–H groups in total. The smallest absolute Gasteiger partial charge is 0.267 e. The highest BCUT2D eigenvalue weighted by Gasteiger charge is 2.18. The van der Waals surface area contributed by atoms with Crippen LogP contribution in [0.25, 0.3) is 5.57 Å². The van der Waals surface area contributed by atoms with Crippen LogP contribution in [0.1, 0.15) is 28.6 Å². The first-order valence-electron chi connectivity index (χ1n) is 6.49. The number of nitrogens with one attached hydrogen (secondary N) is 1. The van der Waals surface area contributed by atoms with Crippen molar-refractivity contribution in [1.82, 2.24) is 4.98 Å². The van der Waals surface area contributed by atoms with E-state index in [1.54, 1.807) is 6.20 Å². The van der Waals surface area contributed by atoms with Gasteiger partial charge in [-0.25, -0.2) is 4.98 Å². The van der Waals surface area contributed by atoms with Gasteiger partial charge in [-0.1, -0.05) is 24.6 Å². The van der Waals surface area contributed by atoms with E-state index in [0.717, 1.165) is 17.0 Å². The van der Waals surface area contributed by atoms with Crippen LogP contribution in [-0.2, 0) is 0 Å². The summed E-state index contributed by atoms with van der Waals surface area (Å²) in [6.45, 7) is 2.15. The van der Waals surface area contributed by atoms with Crippen LogP contribution >= 0.6 is 34.3 Å². The normalized spacial score (nSPS) is 18.1. The largest absolute Gasteiger partial charge is 0.297 e. The topological polar surface area (TPSA) is 42.0 Å². The Labute approximate surface area is 136 Å². The lowest BCUT2D eigenvalue weighted by molar-refractivity contribution is 0.103. The zero-order valence-electron chi connectivity index (χ0n) is 11.3. The molecule has 2 heterocycles. The van der Waals surface area contributed by atoms with E-state index in [9.17, 15) is 4.79 Å². The molecule has 0 aromatic carbocycles. The molecule has 1 atom stereocenters. The molecule has 0 aliphatic heterocycles. The minimum Gasteiger partial charge on any atom is -0.297 e. The van der Waals surface area contributed by atoms with Crippen molar-refractivity contribution in [3.8, 4) is 0 Å². The zero-order valence-corrected chi connectivity index (χ0v) is 13.7. The van der Waals surface area contributed by atoms with Crippen LogP contribution in [0.4, 0.5) is 5.13 Å². The number of thiophene rings is 1. The van der Waals surface area contributed by atoms with Crippen LogP contribution in [0.5, 0.6) is 0 Å². The molecule has 1 aliphatic carbocycles. The third-order valence-electron chi connectivity index (χ3n) is 3.29. The fourth-order valence-electron chi connectivity index (χ4n) is 2.25. The van der Waals surface area contributed by atoms with E-state index in [1.165, 1.54) is 28.2 Å². The minimum absolute atomic E-state index is 0.112. The highest BCUT2D eigenvalue weighted by molar-refractivity contribution is 7.14. The molecule has 0 saturated heterocycles. The number of rotatable bonds is 3. The Kier molecular flexibility index (Phi) is 4.24. The van der Waals surface area contributed by atoms with Gasteiger partial charge in [-0.15, -0.1) is 22.7 Å². The Balaban J connectivity index is 1.79. The van der Waals surface area contributed by atoms with E-state index in [0.29, 0.717) is 15.9 Å². The van der Waals surface area contributed by atoms with E-state index < -0.39 is 0 Å². The van der Waals surface area contributed by atoms with Gasteiger partial charge in [0.15, 0.2) is 5.13 Å². The zero-order chi connectivity index (χ0) is 14.8. The Morgan fingerprint density at radius 3 is 3.00 bits per heavy atom. The maximum atomic E-state index is 12.2. The molecular formula is C15H13ClN2OS2. The fraction of sp³-hybridized carbons (Fsp3) is 0.200. The molecule has 6 heteroatoms. The van der Waals surface area contributed by atoms with Crippen LogP contribution < -0.4 is 5.32 Å². The maximum Gasteiger partial charge on any atom is 0.267 e. The van der Waals surface area contributed by atoms with E-state index in [2.05, 4.69) is 17.2 Å². The number of anilines is 1. The molecular weight excluding hydrogens is 324 g/mol. The van der Waals surface area contributed by atoms with Gasteiger partial charge >= 0.3 is 0 Å². The van der Waals surface area contributed by atoms with E-state index in [4.69, 9.17) is 11.6 Å². The van der Waals surface area contributed by atoms with Crippen molar-refractivity contribution in [3.05, 3.63) is 50.6 Å². The number of halogens is 1. The molecule has 3 nitrogen and oxygen atoms in total. The Bertz CT molecular complexity index is 716. The van der Waals surface area contributed by atoms with Crippen molar-refractivity contribution in [2.75, 3.05) is 5.32 Å². The molecule has 2 aromatic heterocycles. The van der Waals surface area contributed by atoms with Gasteiger partial charge in [-0.05, 0) is 41.0 Å². The van der Waals surface area contributed by atoms with Crippen molar-refractivity contribution in [2.45, 2.75) is 13.3 Å². The summed E-state index contributed by atoms with van der Waals surface area (Å²) in [7, 11) is 0. The molecule has 1 aliphatic rings. The van der Waals surface area contributed by atoms with E-state index in [-0.39, 0.29) is 5.91 Å². The second-order valence-corrected chi connectivity index (χ2v) is 7.12. The van der Waals surface area contributed by atoms with Gasteiger partial charge < -0.3 is 0 Å². The van der Waals surface area contributed by atoms with Crippen LogP contribution in [0.3, 0.4) is 0 Å². The molecule has 0 fully saturated rings. The fourth-order valence-corrected chi connectivity index (χ4v) is 3.88. The molecule has 0 saturated carbocycles. The van der Waals surface area contributed by atoms with Gasteiger partial charge in [-0.2, -0.15) is 0 Å². The lowest BCUT2D eigenvalue weighted by Crippen LogP contribution is -2.09. The molecule has 1 amide bonds. The predicted octanol–water partition coefficient (Wildman–Crippen LogP) is 5.00. The summed E-state index contributed by atoms with van der Waals surface area (Å²) < 4.78 is 0. The molecule has 1 unspecified atom stereocenters. The molecule has 21 heavy (non-hydrogen) atoms. The number of hydrogen-bond acceptors (Lipinski definition) is 4. The molecule has 108 valence electrons. The van der Waals surface area contributed by atoms with Crippen molar-refractivity contribution >= 4 is 50.9 Å². The first-order chi connectivity index (χ1) is 10.1. The summed E-state index contributed by atoms with van der Waals surface area (Å²) in [6.07, 6.45) is 6.50. The number of aromatic nitrogens is 1. The number of hydrogen-bond donors (Lipinski definition) is 1. The monoisotopic (exact) mass is 336 g/mol. The number of carbonyl (C=O) groups is 1. The second kappa shape index (κ2) is 6.13. The van der Waals surface area contributed by atoms with E-state index >= 15 is 0 Å². The van der Waals surface area contributed by atoms with Crippen molar-refractivity contribution in [3.63, 3.8) is 0 Å². The summed E-state index contributed by atoms with van der Waals surface area (Å²) in [4.78, 5) is 16.9.